The van der Waals surface area contributed by atoms with Gasteiger partial charge in [0.25, 0.3) is 10.0 Å². The summed E-state index contributed by atoms with van der Waals surface area (Å²) >= 11 is 2.84. The van der Waals surface area contributed by atoms with Gasteiger partial charge in [0.05, 0.1) is 27.5 Å². The number of thioether (sulfide) groups is 1. The third-order valence-electron chi connectivity index (χ3n) is 4.63. The number of sulfonamides is 1. The number of carbonyl (C=O) groups is 1. The first kappa shape index (κ1) is 24.9. The summed E-state index contributed by atoms with van der Waals surface area (Å²) in [6, 6.07) is 13.4. The fourth-order valence-corrected chi connectivity index (χ4v) is 6.04. The molecule has 0 spiro atoms. The third kappa shape index (κ3) is 6.47. The number of hydrogen-bond donors (Lipinski definition) is 2. The van der Waals surface area contributed by atoms with Gasteiger partial charge < -0.3 is 10.1 Å². The molecule has 9 nitrogen and oxygen atoms in total. The van der Waals surface area contributed by atoms with E-state index in [1.54, 1.807) is 19.9 Å². The van der Waals surface area contributed by atoms with Crippen LogP contribution in [0, 0.1) is 13.8 Å². The highest BCUT2D eigenvalue weighted by Crippen LogP contribution is 2.32. The molecule has 182 valence electrons. The molecule has 2 N–H and O–H groups in total. The first-order valence-electron chi connectivity index (χ1n) is 10.6. The Morgan fingerprint density at radius 1 is 1.03 bits per heavy atom. The molecule has 2 heterocycles. The van der Waals surface area contributed by atoms with E-state index in [4.69, 9.17) is 4.74 Å². The van der Waals surface area contributed by atoms with Gasteiger partial charge in [-0.1, -0.05) is 11.8 Å². The minimum atomic E-state index is -3.87. The molecule has 0 aliphatic rings. The number of nitrogens with zero attached hydrogens (tertiary/aromatic N) is 3. The maximum Gasteiger partial charge on any atom is 0.264 e. The van der Waals surface area contributed by atoms with Crippen LogP contribution in [0.25, 0.3) is 10.2 Å². The number of anilines is 2. The molecule has 1 amide bonds. The molecule has 0 saturated heterocycles. The molecule has 12 heteroatoms. The van der Waals surface area contributed by atoms with Crippen molar-refractivity contribution in [1.29, 1.82) is 0 Å². The van der Waals surface area contributed by atoms with Crippen LogP contribution in [0.4, 0.5) is 11.6 Å². The number of rotatable bonds is 9. The van der Waals surface area contributed by atoms with E-state index < -0.39 is 10.0 Å². The van der Waals surface area contributed by atoms with E-state index in [1.807, 2.05) is 25.1 Å². The normalized spacial score (nSPS) is 11.4. The highest BCUT2D eigenvalue weighted by Gasteiger charge is 2.16. The van der Waals surface area contributed by atoms with E-state index in [-0.39, 0.29) is 22.5 Å². The Morgan fingerprint density at radius 2 is 1.74 bits per heavy atom. The topological polar surface area (TPSA) is 123 Å². The van der Waals surface area contributed by atoms with E-state index in [0.29, 0.717) is 23.7 Å². The fourth-order valence-electron chi connectivity index (χ4n) is 3.19. The van der Waals surface area contributed by atoms with E-state index in [1.165, 1.54) is 47.4 Å². The Balaban J connectivity index is 1.35. The lowest BCUT2D eigenvalue weighted by atomic mass is 10.3. The Bertz CT molecular complexity index is 1450. The Kier molecular flexibility index (Phi) is 7.53. The average molecular weight is 530 g/mol. The van der Waals surface area contributed by atoms with Crippen LogP contribution in [0.1, 0.15) is 18.3 Å². The Hall–Kier alpha value is -3.22. The van der Waals surface area contributed by atoms with Crippen molar-refractivity contribution in [3.8, 4) is 5.75 Å². The van der Waals surface area contributed by atoms with Gasteiger partial charge in [-0.15, -0.1) is 11.3 Å². The summed E-state index contributed by atoms with van der Waals surface area (Å²) in [4.78, 5) is 25.2. The predicted octanol–water partition coefficient (Wildman–Crippen LogP) is 4.63. The van der Waals surface area contributed by atoms with Gasteiger partial charge in [0, 0.05) is 17.1 Å². The van der Waals surface area contributed by atoms with Gasteiger partial charge in [-0.3, -0.25) is 4.79 Å². The SMILES string of the molecule is CCOc1ccc2nc(SCC(=O)Nc3ccc(S(=O)(=O)Nc4nc(C)cc(C)n4)cc3)sc2c1. The summed E-state index contributed by atoms with van der Waals surface area (Å²) in [5.41, 5.74) is 2.67. The summed E-state index contributed by atoms with van der Waals surface area (Å²) in [6.45, 7) is 6.05. The van der Waals surface area contributed by atoms with Crippen molar-refractivity contribution in [2.45, 2.75) is 30.0 Å². The van der Waals surface area contributed by atoms with Gasteiger partial charge in [0.15, 0.2) is 4.34 Å². The number of thiazole rings is 1. The van der Waals surface area contributed by atoms with E-state index in [9.17, 15) is 13.2 Å². The summed E-state index contributed by atoms with van der Waals surface area (Å²) < 4.78 is 35.0. The van der Waals surface area contributed by atoms with Crippen molar-refractivity contribution in [2.75, 3.05) is 22.4 Å². The minimum Gasteiger partial charge on any atom is -0.494 e. The molecule has 4 rings (SSSR count). The fraction of sp³-hybridized carbons (Fsp3) is 0.217. The van der Waals surface area contributed by atoms with E-state index in [2.05, 4.69) is 25.0 Å². The zero-order valence-electron chi connectivity index (χ0n) is 19.2. The monoisotopic (exact) mass is 529 g/mol. The maximum atomic E-state index is 12.7. The van der Waals surface area contributed by atoms with E-state index in [0.717, 1.165) is 20.3 Å². The first-order valence-corrected chi connectivity index (χ1v) is 13.9. The maximum absolute atomic E-state index is 12.7. The molecule has 4 aromatic rings. The second-order valence-corrected chi connectivity index (χ2v) is 11.4. The van der Waals surface area contributed by atoms with Crippen molar-refractivity contribution in [3.63, 3.8) is 0 Å². The number of aromatic nitrogens is 3. The number of amides is 1. The minimum absolute atomic E-state index is 0.0147. The van der Waals surface area contributed by atoms with Crippen LogP contribution in [-0.2, 0) is 14.8 Å². The largest absolute Gasteiger partial charge is 0.494 e. The van der Waals surface area contributed by atoms with Gasteiger partial charge in [0.2, 0.25) is 11.9 Å². The highest BCUT2D eigenvalue weighted by molar-refractivity contribution is 8.01. The van der Waals surface area contributed by atoms with Crippen LogP contribution in [-0.4, -0.2) is 41.6 Å². The molecule has 0 atom stereocenters. The number of carbonyl (C=O) groups excluding carboxylic acids is 1. The number of hydrogen-bond acceptors (Lipinski definition) is 9. The standard InChI is InChI=1S/C23H23N5O4S3/c1-4-32-17-7-10-19-20(12-17)34-23(27-19)33-13-21(29)26-16-5-8-18(9-6-16)35(30,31)28-22-24-14(2)11-15(3)25-22/h5-12H,4,13H2,1-3H3,(H,26,29)(H,24,25,28). The second-order valence-electron chi connectivity index (χ2n) is 7.48. The summed E-state index contributed by atoms with van der Waals surface area (Å²) in [5, 5.41) is 2.77. The molecule has 2 aromatic heterocycles. The lowest BCUT2D eigenvalue weighted by Gasteiger charge is -2.09. The third-order valence-corrected chi connectivity index (χ3v) is 8.14. The number of aryl methyl sites for hydroxylation is 2. The molecule has 0 fully saturated rings. The van der Waals surface area contributed by atoms with Crippen LogP contribution in [0.15, 0.2) is 57.8 Å². The molecule has 0 saturated carbocycles. The molecule has 0 radical (unpaired) electrons. The lowest BCUT2D eigenvalue weighted by Crippen LogP contribution is -2.16. The molecule has 0 aliphatic heterocycles. The van der Waals surface area contributed by atoms with Gasteiger partial charge in [0.1, 0.15) is 5.75 Å². The number of nitrogens with one attached hydrogen (secondary N) is 2. The second kappa shape index (κ2) is 10.6. The molecule has 35 heavy (non-hydrogen) atoms. The zero-order chi connectivity index (χ0) is 25.0. The van der Waals surface area contributed by atoms with Crippen molar-refractivity contribution in [3.05, 3.63) is 59.9 Å². The van der Waals surface area contributed by atoms with Gasteiger partial charge in [-0.25, -0.2) is 28.1 Å². The molecular formula is C23H23N5O4S3. The van der Waals surface area contributed by atoms with Crippen molar-refractivity contribution in [2.24, 2.45) is 0 Å². The van der Waals surface area contributed by atoms with Crippen molar-refractivity contribution >= 4 is 60.9 Å². The van der Waals surface area contributed by atoms with Crippen LogP contribution in [0.2, 0.25) is 0 Å². The summed E-state index contributed by atoms with van der Waals surface area (Å²) in [5.74, 6) is 0.756. The number of ether oxygens (including phenoxy) is 1. The molecule has 0 bridgehead atoms. The van der Waals surface area contributed by atoms with Crippen LogP contribution in [0.5, 0.6) is 5.75 Å². The van der Waals surface area contributed by atoms with Crippen LogP contribution < -0.4 is 14.8 Å². The quantitative estimate of drug-likeness (QED) is 0.301. The molecular weight excluding hydrogens is 506 g/mol. The highest BCUT2D eigenvalue weighted by atomic mass is 32.2. The van der Waals surface area contributed by atoms with Crippen LogP contribution in [0.3, 0.4) is 0 Å². The van der Waals surface area contributed by atoms with Gasteiger partial charge in [-0.2, -0.15) is 0 Å². The van der Waals surface area contributed by atoms with Gasteiger partial charge >= 0.3 is 0 Å². The van der Waals surface area contributed by atoms with Gasteiger partial charge in [-0.05, 0) is 69.3 Å². The Labute approximate surface area is 211 Å². The number of fused-ring (bicyclic) bond motifs is 1. The Morgan fingerprint density at radius 3 is 2.43 bits per heavy atom. The molecule has 0 unspecified atom stereocenters. The zero-order valence-corrected chi connectivity index (χ0v) is 21.7. The first-order chi connectivity index (χ1) is 16.7. The molecule has 0 aliphatic carbocycles. The molecule has 2 aromatic carbocycles. The lowest BCUT2D eigenvalue weighted by molar-refractivity contribution is -0.113. The van der Waals surface area contributed by atoms with Crippen molar-refractivity contribution in [1.82, 2.24) is 15.0 Å². The summed E-state index contributed by atoms with van der Waals surface area (Å²) in [6.07, 6.45) is 0. The predicted molar refractivity (Wildman–Crippen MR) is 139 cm³/mol. The summed E-state index contributed by atoms with van der Waals surface area (Å²) in [7, 11) is -3.87. The van der Waals surface area contributed by atoms with Crippen molar-refractivity contribution < 1.29 is 17.9 Å². The average Bonchev–Trinajstić information content (AvgIpc) is 3.19. The smallest absolute Gasteiger partial charge is 0.264 e. The van der Waals surface area contributed by atoms with Crippen LogP contribution >= 0.6 is 23.1 Å². The number of benzene rings is 2. The van der Waals surface area contributed by atoms with E-state index >= 15 is 0 Å².